The average molecular weight is 234 g/mol. The van der Waals surface area contributed by atoms with Crippen molar-refractivity contribution in [2.45, 2.75) is 18.4 Å². The summed E-state index contributed by atoms with van der Waals surface area (Å²) >= 11 is 0. The molecular formula is C11H14N4O2. The van der Waals surface area contributed by atoms with Gasteiger partial charge in [0.2, 0.25) is 0 Å². The highest BCUT2D eigenvalue weighted by Crippen LogP contribution is 2.37. The Balaban J connectivity index is 1.93. The first-order valence-corrected chi connectivity index (χ1v) is 5.45. The van der Waals surface area contributed by atoms with Crippen molar-refractivity contribution in [3.05, 3.63) is 18.1 Å². The molecule has 0 aromatic carbocycles. The summed E-state index contributed by atoms with van der Waals surface area (Å²) in [6.07, 6.45) is 4.07. The van der Waals surface area contributed by atoms with Crippen molar-refractivity contribution < 1.29 is 10.2 Å². The van der Waals surface area contributed by atoms with E-state index in [4.69, 9.17) is 10.4 Å². The minimum atomic E-state index is -0.808. The summed E-state index contributed by atoms with van der Waals surface area (Å²) in [4.78, 5) is 7.86. The number of nitriles is 1. The minimum absolute atomic E-state index is 0.108. The molecule has 0 radical (unpaired) electrons. The van der Waals surface area contributed by atoms with Crippen LogP contribution in [0.1, 0.15) is 18.5 Å². The van der Waals surface area contributed by atoms with Gasteiger partial charge in [-0.15, -0.1) is 0 Å². The minimum Gasteiger partial charge on any atom is -0.396 e. The molecule has 1 aromatic heterocycles. The van der Waals surface area contributed by atoms with Gasteiger partial charge in [0, 0.05) is 25.5 Å². The third-order valence-electron chi connectivity index (χ3n) is 2.98. The van der Waals surface area contributed by atoms with Gasteiger partial charge in [-0.3, -0.25) is 0 Å². The fourth-order valence-corrected chi connectivity index (χ4v) is 2.09. The second-order valence-electron chi connectivity index (χ2n) is 4.40. The topological polar surface area (TPSA) is 102 Å². The van der Waals surface area contributed by atoms with E-state index in [0.29, 0.717) is 25.2 Å². The lowest BCUT2D eigenvalue weighted by Crippen LogP contribution is -2.50. The van der Waals surface area contributed by atoms with Crippen LogP contribution in [-0.2, 0) is 0 Å². The third kappa shape index (κ3) is 2.52. The van der Waals surface area contributed by atoms with Gasteiger partial charge in [0.1, 0.15) is 6.07 Å². The molecular weight excluding hydrogens is 220 g/mol. The summed E-state index contributed by atoms with van der Waals surface area (Å²) in [5, 5.41) is 30.7. The van der Waals surface area contributed by atoms with Gasteiger partial charge in [-0.25, -0.2) is 9.97 Å². The summed E-state index contributed by atoms with van der Waals surface area (Å²) in [5.41, 5.74) is -0.591. The maximum atomic E-state index is 10.0. The van der Waals surface area contributed by atoms with Crippen molar-refractivity contribution in [1.29, 1.82) is 5.26 Å². The molecule has 2 rings (SSSR count). The van der Waals surface area contributed by atoms with Crippen LogP contribution < -0.4 is 5.32 Å². The summed E-state index contributed by atoms with van der Waals surface area (Å²) in [7, 11) is 0. The Morgan fingerprint density at radius 2 is 2.18 bits per heavy atom. The summed E-state index contributed by atoms with van der Waals surface area (Å²) in [6, 6.07) is 1.93. The molecule has 1 heterocycles. The van der Waals surface area contributed by atoms with E-state index in [1.165, 1.54) is 12.4 Å². The fraction of sp³-hybridized carbons (Fsp3) is 0.545. The van der Waals surface area contributed by atoms with Crippen molar-refractivity contribution in [2.75, 3.05) is 18.5 Å². The first-order chi connectivity index (χ1) is 8.17. The molecule has 0 aliphatic heterocycles. The molecule has 0 unspecified atom stereocenters. The molecule has 0 amide bonds. The highest BCUT2D eigenvalue weighted by atomic mass is 16.3. The van der Waals surface area contributed by atoms with E-state index in [2.05, 4.69) is 15.3 Å². The molecule has 6 nitrogen and oxygen atoms in total. The lowest BCUT2D eigenvalue weighted by molar-refractivity contribution is -0.0764. The number of aliphatic hydroxyl groups excluding tert-OH is 1. The molecule has 0 saturated heterocycles. The Bertz CT molecular complexity index is 437. The average Bonchev–Trinajstić information content (AvgIpc) is 2.33. The van der Waals surface area contributed by atoms with Crippen molar-refractivity contribution in [1.82, 2.24) is 9.97 Å². The molecule has 1 saturated carbocycles. The van der Waals surface area contributed by atoms with Gasteiger partial charge in [-0.2, -0.15) is 5.26 Å². The second-order valence-corrected chi connectivity index (χ2v) is 4.40. The Hall–Kier alpha value is -1.71. The second kappa shape index (κ2) is 4.65. The zero-order valence-electron chi connectivity index (χ0n) is 9.30. The van der Waals surface area contributed by atoms with Crippen LogP contribution >= 0.6 is 0 Å². The smallest absolute Gasteiger partial charge is 0.182 e. The van der Waals surface area contributed by atoms with Crippen molar-refractivity contribution in [2.24, 2.45) is 5.92 Å². The van der Waals surface area contributed by atoms with E-state index in [1.807, 2.05) is 6.07 Å². The largest absolute Gasteiger partial charge is 0.396 e. The van der Waals surface area contributed by atoms with Crippen LogP contribution in [0, 0.1) is 17.2 Å². The molecule has 0 spiro atoms. The summed E-state index contributed by atoms with van der Waals surface area (Å²) in [6.45, 7) is 0.424. The molecule has 6 heteroatoms. The molecule has 17 heavy (non-hydrogen) atoms. The van der Waals surface area contributed by atoms with Crippen LogP contribution in [0.15, 0.2) is 12.4 Å². The summed E-state index contributed by atoms with van der Waals surface area (Å²) < 4.78 is 0. The predicted molar refractivity (Wildman–Crippen MR) is 60.0 cm³/mol. The van der Waals surface area contributed by atoms with Gasteiger partial charge in [0.05, 0.1) is 5.60 Å². The van der Waals surface area contributed by atoms with Crippen LogP contribution in [0.3, 0.4) is 0 Å². The van der Waals surface area contributed by atoms with E-state index < -0.39 is 5.60 Å². The first kappa shape index (κ1) is 11.8. The zero-order chi connectivity index (χ0) is 12.3. The Morgan fingerprint density at radius 3 is 2.82 bits per heavy atom. The van der Waals surface area contributed by atoms with Gasteiger partial charge in [0.25, 0.3) is 0 Å². The number of hydrogen-bond donors (Lipinski definition) is 3. The van der Waals surface area contributed by atoms with E-state index in [9.17, 15) is 5.11 Å². The van der Waals surface area contributed by atoms with Crippen molar-refractivity contribution in [3.63, 3.8) is 0 Å². The predicted octanol–water partition coefficient (Wildman–Crippen LogP) is -0.106. The van der Waals surface area contributed by atoms with E-state index in [0.717, 1.165) is 0 Å². The van der Waals surface area contributed by atoms with Gasteiger partial charge < -0.3 is 15.5 Å². The van der Waals surface area contributed by atoms with Crippen LogP contribution in [0.2, 0.25) is 0 Å². The van der Waals surface area contributed by atoms with Crippen molar-refractivity contribution >= 4 is 5.82 Å². The van der Waals surface area contributed by atoms with Crippen LogP contribution in [-0.4, -0.2) is 38.9 Å². The Morgan fingerprint density at radius 1 is 1.47 bits per heavy atom. The molecule has 1 aliphatic carbocycles. The SMILES string of the molecule is N#Cc1nccnc1NCC1(O)CC(CO)C1. The lowest BCUT2D eigenvalue weighted by Gasteiger charge is -2.43. The zero-order valence-corrected chi connectivity index (χ0v) is 9.30. The molecule has 1 fully saturated rings. The molecule has 1 aromatic rings. The maximum absolute atomic E-state index is 10.0. The standard InChI is InChI=1S/C11H14N4O2/c12-5-9-10(14-2-1-13-9)15-7-11(17)3-8(4-11)6-16/h1-2,8,16-17H,3-4,6-7H2,(H,14,15). The highest BCUT2D eigenvalue weighted by molar-refractivity contribution is 5.46. The number of nitrogens with zero attached hydrogens (tertiary/aromatic N) is 3. The Labute approximate surface area is 99.0 Å². The third-order valence-corrected chi connectivity index (χ3v) is 2.98. The van der Waals surface area contributed by atoms with E-state index in [1.54, 1.807) is 0 Å². The highest BCUT2D eigenvalue weighted by Gasteiger charge is 2.42. The molecule has 1 aliphatic rings. The fourth-order valence-electron chi connectivity index (χ4n) is 2.09. The lowest BCUT2D eigenvalue weighted by atomic mass is 9.71. The Kier molecular flexibility index (Phi) is 3.22. The number of aromatic nitrogens is 2. The monoisotopic (exact) mass is 234 g/mol. The van der Waals surface area contributed by atoms with E-state index in [-0.39, 0.29) is 18.2 Å². The summed E-state index contributed by atoms with van der Waals surface area (Å²) in [5.74, 6) is 0.565. The number of hydrogen-bond acceptors (Lipinski definition) is 6. The van der Waals surface area contributed by atoms with Gasteiger partial charge >= 0.3 is 0 Å². The molecule has 0 atom stereocenters. The van der Waals surface area contributed by atoms with Crippen LogP contribution in [0.25, 0.3) is 0 Å². The molecule has 3 N–H and O–H groups in total. The number of rotatable bonds is 4. The number of anilines is 1. The molecule has 90 valence electrons. The quantitative estimate of drug-likeness (QED) is 0.672. The maximum Gasteiger partial charge on any atom is 0.182 e. The van der Waals surface area contributed by atoms with Gasteiger partial charge in [0.15, 0.2) is 11.5 Å². The van der Waals surface area contributed by atoms with Crippen LogP contribution in [0.5, 0.6) is 0 Å². The normalized spacial score (nSPS) is 27.0. The number of aliphatic hydroxyl groups is 2. The van der Waals surface area contributed by atoms with Crippen molar-refractivity contribution in [3.8, 4) is 6.07 Å². The van der Waals surface area contributed by atoms with Crippen LogP contribution in [0.4, 0.5) is 5.82 Å². The molecule has 0 bridgehead atoms. The van der Waals surface area contributed by atoms with Gasteiger partial charge in [-0.05, 0) is 18.8 Å². The van der Waals surface area contributed by atoms with E-state index >= 15 is 0 Å². The van der Waals surface area contributed by atoms with Gasteiger partial charge in [-0.1, -0.05) is 0 Å². The first-order valence-electron chi connectivity index (χ1n) is 5.45. The number of nitrogens with one attached hydrogen (secondary N) is 1.